The minimum atomic E-state index is -0.518. The van der Waals surface area contributed by atoms with E-state index in [2.05, 4.69) is 37.9 Å². The highest BCUT2D eigenvalue weighted by Crippen LogP contribution is 2.34. The number of aliphatic hydroxyl groups is 1. The Bertz CT molecular complexity index is 610. The van der Waals surface area contributed by atoms with Crippen LogP contribution in [0.5, 0.6) is 11.6 Å². The molecular weight excluding hydrogens is 262 g/mol. The van der Waals surface area contributed by atoms with Crippen molar-refractivity contribution < 1.29 is 9.84 Å². The van der Waals surface area contributed by atoms with E-state index in [0.29, 0.717) is 5.88 Å². The molecular formula is C18H23NO2. The molecule has 1 N–H and O–H groups in total. The summed E-state index contributed by atoms with van der Waals surface area (Å²) in [4.78, 5) is 4.27. The Kier molecular flexibility index (Phi) is 4.33. The van der Waals surface area contributed by atoms with Gasteiger partial charge in [0.25, 0.3) is 0 Å². The average molecular weight is 285 g/mol. The van der Waals surface area contributed by atoms with Gasteiger partial charge in [0.05, 0.1) is 6.10 Å². The highest BCUT2D eigenvalue weighted by Gasteiger charge is 2.19. The summed E-state index contributed by atoms with van der Waals surface area (Å²) in [6, 6.07) is 9.85. The highest BCUT2D eigenvalue weighted by molar-refractivity contribution is 5.43. The van der Waals surface area contributed by atoms with Crippen LogP contribution in [-0.4, -0.2) is 10.1 Å². The van der Waals surface area contributed by atoms with E-state index in [1.54, 1.807) is 19.2 Å². The van der Waals surface area contributed by atoms with Gasteiger partial charge in [-0.2, -0.15) is 0 Å². The number of nitrogens with zero attached hydrogens (tertiary/aromatic N) is 1. The van der Waals surface area contributed by atoms with Crippen molar-refractivity contribution in [2.24, 2.45) is 0 Å². The number of aromatic nitrogens is 1. The number of rotatable bonds is 3. The van der Waals surface area contributed by atoms with Crippen molar-refractivity contribution in [2.75, 3.05) is 0 Å². The van der Waals surface area contributed by atoms with Crippen molar-refractivity contribution in [3.05, 3.63) is 53.2 Å². The summed E-state index contributed by atoms with van der Waals surface area (Å²) in [5.74, 6) is 1.37. The molecule has 0 saturated carbocycles. The Labute approximate surface area is 126 Å². The molecule has 0 aliphatic carbocycles. The zero-order valence-electron chi connectivity index (χ0n) is 13.3. The summed E-state index contributed by atoms with van der Waals surface area (Å²) in [7, 11) is 0. The fourth-order valence-corrected chi connectivity index (χ4v) is 2.15. The number of benzene rings is 1. The maximum atomic E-state index is 9.51. The fourth-order valence-electron chi connectivity index (χ4n) is 2.15. The number of hydrogen-bond acceptors (Lipinski definition) is 3. The molecule has 0 spiro atoms. The minimum Gasteiger partial charge on any atom is -0.439 e. The summed E-state index contributed by atoms with van der Waals surface area (Å²) in [5, 5.41) is 9.51. The standard InChI is InChI=1S/C18H23NO2/c1-12-6-8-15(18(3,4)5)16(10-12)21-17-9-7-14(11-19-17)13(2)20/h6-11,13,20H,1-5H3. The molecule has 1 aromatic carbocycles. The van der Waals surface area contributed by atoms with Crippen molar-refractivity contribution in [1.82, 2.24) is 4.98 Å². The Morgan fingerprint density at radius 1 is 1.14 bits per heavy atom. The summed E-state index contributed by atoms with van der Waals surface area (Å²) in [6.45, 7) is 10.2. The van der Waals surface area contributed by atoms with E-state index in [-0.39, 0.29) is 5.41 Å². The lowest BCUT2D eigenvalue weighted by molar-refractivity contribution is 0.198. The predicted octanol–water partition coefficient (Wildman–Crippen LogP) is 4.53. The Balaban J connectivity index is 2.32. The molecule has 0 bridgehead atoms. The number of ether oxygens (including phenoxy) is 1. The van der Waals surface area contributed by atoms with Gasteiger partial charge in [0.2, 0.25) is 5.88 Å². The molecule has 2 aromatic rings. The lowest BCUT2D eigenvalue weighted by Gasteiger charge is -2.22. The molecule has 1 unspecified atom stereocenters. The zero-order chi connectivity index (χ0) is 15.6. The number of aryl methyl sites for hydroxylation is 1. The molecule has 0 fully saturated rings. The van der Waals surface area contributed by atoms with Gasteiger partial charge in [0.15, 0.2) is 0 Å². The van der Waals surface area contributed by atoms with Gasteiger partial charge in [0, 0.05) is 17.8 Å². The molecule has 0 radical (unpaired) electrons. The molecule has 0 saturated heterocycles. The Hall–Kier alpha value is -1.87. The van der Waals surface area contributed by atoms with Gasteiger partial charge >= 0.3 is 0 Å². The van der Waals surface area contributed by atoms with E-state index in [4.69, 9.17) is 4.74 Å². The number of aliphatic hydroxyl groups excluding tert-OH is 1. The lowest BCUT2D eigenvalue weighted by Crippen LogP contribution is -2.12. The van der Waals surface area contributed by atoms with E-state index in [1.807, 2.05) is 19.1 Å². The number of hydrogen-bond donors (Lipinski definition) is 1. The first kappa shape index (κ1) is 15.5. The molecule has 3 heteroatoms. The third kappa shape index (κ3) is 3.82. The molecule has 1 heterocycles. The third-order valence-electron chi connectivity index (χ3n) is 3.40. The second-order valence-corrected chi connectivity index (χ2v) is 6.46. The molecule has 1 atom stereocenters. The van der Waals surface area contributed by atoms with Crippen LogP contribution in [0, 0.1) is 6.92 Å². The first-order valence-corrected chi connectivity index (χ1v) is 7.20. The van der Waals surface area contributed by atoms with Crippen LogP contribution in [0.4, 0.5) is 0 Å². The van der Waals surface area contributed by atoms with Gasteiger partial charge in [-0.3, -0.25) is 0 Å². The van der Waals surface area contributed by atoms with E-state index in [1.165, 1.54) is 0 Å². The normalized spacial score (nSPS) is 13.0. The van der Waals surface area contributed by atoms with Crippen LogP contribution in [0.3, 0.4) is 0 Å². The van der Waals surface area contributed by atoms with Gasteiger partial charge in [-0.15, -0.1) is 0 Å². The second-order valence-electron chi connectivity index (χ2n) is 6.46. The summed E-state index contributed by atoms with van der Waals surface area (Å²) in [6.07, 6.45) is 1.13. The molecule has 3 nitrogen and oxygen atoms in total. The van der Waals surface area contributed by atoms with Crippen LogP contribution >= 0.6 is 0 Å². The summed E-state index contributed by atoms with van der Waals surface area (Å²) in [5.41, 5.74) is 3.08. The summed E-state index contributed by atoms with van der Waals surface area (Å²) >= 11 is 0. The third-order valence-corrected chi connectivity index (χ3v) is 3.40. The maximum Gasteiger partial charge on any atom is 0.219 e. The van der Waals surface area contributed by atoms with E-state index in [0.717, 1.165) is 22.4 Å². The molecule has 112 valence electrons. The molecule has 1 aromatic heterocycles. The zero-order valence-corrected chi connectivity index (χ0v) is 13.3. The van der Waals surface area contributed by atoms with Gasteiger partial charge in [-0.05, 0) is 42.5 Å². The van der Waals surface area contributed by atoms with Crippen LogP contribution in [0.2, 0.25) is 0 Å². The van der Waals surface area contributed by atoms with Gasteiger partial charge in [-0.25, -0.2) is 4.98 Å². The predicted molar refractivity (Wildman–Crippen MR) is 84.8 cm³/mol. The van der Waals surface area contributed by atoms with Gasteiger partial charge in [0.1, 0.15) is 5.75 Å². The lowest BCUT2D eigenvalue weighted by atomic mass is 9.86. The van der Waals surface area contributed by atoms with Crippen LogP contribution in [0.1, 0.15) is 50.5 Å². The monoisotopic (exact) mass is 285 g/mol. The molecule has 2 rings (SSSR count). The maximum absolute atomic E-state index is 9.51. The first-order valence-electron chi connectivity index (χ1n) is 7.20. The van der Waals surface area contributed by atoms with Crippen molar-refractivity contribution in [2.45, 2.75) is 46.1 Å². The second kappa shape index (κ2) is 5.86. The van der Waals surface area contributed by atoms with Crippen molar-refractivity contribution in [1.29, 1.82) is 0 Å². The van der Waals surface area contributed by atoms with Crippen LogP contribution in [0.25, 0.3) is 0 Å². The number of pyridine rings is 1. The van der Waals surface area contributed by atoms with Gasteiger partial charge < -0.3 is 9.84 Å². The first-order chi connectivity index (χ1) is 9.77. The Morgan fingerprint density at radius 2 is 1.86 bits per heavy atom. The fraction of sp³-hybridized carbons (Fsp3) is 0.389. The molecule has 21 heavy (non-hydrogen) atoms. The SMILES string of the molecule is Cc1ccc(C(C)(C)C)c(Oc2ccc(C(C)O)cn2)c1. The van der Waals surface area contributed by atoms with Crippen molar-refractivity contribution >= 4 is 0 Å². The molecule has 0 aliphatic heterocycles. The largest absolute Gasteiger partial charge is 0.439 e. The topological polar surface area (TPSA) is 42.4 Å². The average Bonchev–Trinajstić information content (AvgIpc) is 2.38. The van der Waals surface area contributed by atoms with Crippen molar-refractivity contribution in [3.8, 4) is 11.6 Å². The van der Waals surface area contributed by atoms with Crippen molar-refractivity contribution in [3.63, 3.8) is 0 Å². The molecule has 0 aliphatic rings. The van der Waals surface area contributed by atoms with E-state index in [9.17, 15) is 5.11 Å². The van der Waals surface area contributed by atoms with E-state index >= 15 is 0 Å². The summed E-state index contributed by atoms with van der Waals surface area (Å²) < 4.78 is 5.96. The minimum absolute atomic E-state index is 0.00257. The van der Waals surface area contributed by atoms with Crippen LogP contribution < -0.4 is 4.74 Å². The highest BCUT2D eigenvalue weighted by atomic mass is 16.5. The Morgan fingerprint density at radius 3 is 2.38 bits per heavy atom. The van der Waals surface area contributed by atoms with E-state index < -0.39 is 6.10 Å². The van der Waals surface area contributed by atoms with Crippen LogP contribution in [0.15, 0.2) is 36.5 Å². The quantitative estimate of drug-likeness (QED) is 0.900. The van der Waals surface area contributed by atoms with Gasteiger partial charge in [-0.1, -0.05) is 32.9 Å². The smallest absolute Gasteiger partial charge is 0.219 e. The van der Waals surface area contributed by atoms with Crippen LogP contribution in [-0.2, 0) is 5.41 Å². The molecule has 0 amide bonds.